The van der Waals surface area contributed by atoms with E-state index >= 15 is 0 Å². The first-order valence-electron chi connectivity index (χ1n) is 3.04. The molecule has 3 heteroatoms. The van der Waals surface area contributed by atoms with E-state index in [0.29, 0.717) is 5.56 Å². The molecule has 0 bridgehead atoms. The normalized spacial score (nSPS) is 9.18. The van der Waals surface area contributed by atoms with Crippen molar-refractivity contribution in [2.24, 2.45) is 0 Å². The van der Waals surface area contributed by atoms with Crippen LogP contribution in [0.4, 0.5) is 0 Å². The van der Waals surface area contributed by atoms with E-state index in [1.807, 2.05) is 12.1 Å². The van der Waals surface area contributed by atoms with E-state index in [1.54, 1.807) is 13.0 Å². The number of phenols is 1. The summed E-state index contributed by atoms with van der Waals surface area (Å²) < 4.78 is 0.967. The molecule has 1 aromatic carbocycles. The summed E-state index contributed by atoms with van der Waals surface area (Å²) in [6.07, 6.45) is 0. The fourth-order valence-electron chi connectivity index (χ4n) is 0.821. The Balaban J connectivity index is 3.39. The molecule has 0 aliphatic carbocycles. The van der Waals surface area contributed by atoms with E-state index in [0.717, 1.165) is 9.13 Å². The van der Waals surface area contributed by atoms with Gasteiger partial charge in [0.15, 0.2) is 0 Å². The van der Waals surface area contributed by atoms with Crippen molar-refractivity contribution in [3.05, 3.63) is 26.8 Å². The minimum Gasteiger partial charge on any atom is -0.506 e. The highest BCUT2D eigenvalue weighted by atomic mass is 127. The number of aromatic hydroxyl groups is 1. The van der Waals surface area contributed by atoms with Crippen molar-refractivity contribution in [2.45, 2.75) is 6.92 Å². The Kier molecular flexibility index (Phi) is 2.35. The van der Waals surface area contributed by atoms with Crippen LogP contribution in [-0.4, -0.2) is 5.11 Å². The van der Waals surface area contributed by atoms with Crippen LogP contribution in [0.2, 0.25) is 0 Å². The zero-order valence-corrected chi connectivity index (χ0v) is 8.08. The number of halogens is 1. The van der Waals surface area contributed by atoms with Crippen molar-refractivity contribution in [3.8, 4) is 11.8 Å². The summed E-state index contributed by atoms with van der Waals surface area (Å²) in [5, 5.41) is 17.9. The molecule has 0 aromatic heterocycles. The quantitative estimate of drug-likeness (QED) is 0.725. The summed E-state index contributed by atoms with van der Waals surface area (Å²) in [6.45, 7) is 1.78. The highest BCUT2D eigenvalue weighted by Crippen LogP contribution is 2.23. The minimum atomic E-state index is 0.0907. The van der Waals surface area contributed by atoms with Crippen LogP contribution in [-0.2, 0) is 0 Å². The Labute approximate surface area is 78.6 Å². The van der Waals surface area contributed by atoms with E-state index in [9.17, 15) is 5.11 Å². The first kappa shape index (κ1) is 8.34. The highest BCUT2D eigenvalue weighted by molar-refractivity contribution is 14.1. The Hall–Kier alpha value is -0.760. The number of hydrogen-bond donors (Lipinski definition) is 1. The molecule has 1 aromatic rings. The number of nitrogens with zero attached hydrogens (tertiary/aromatic N) is 1. The molecule has 56 valence electrons. The molecule has 0 saturated carbocycles. The lowest BCUT2D eigenvalue weighted by Gasteiger charge is -2.00. The van der Waals surface area contributed by atoms with Gasteiger partial charge < -0.3 is 5.11 Å². The third kappa shape index (κ3) is 1.63. The predicted octanol–water partition coefficient (Wildman–Crippen LogP) is 2.18. The van der Waals surface area contributed by atoms with Crippen LogP contribution in [0.1, 0.15) is 11.1 Å². The number of nitriles is 1. The highest BCUT2D eigenvalue weighted by Gasteiger charge is 2.03. The molecule has 0 atom stereocenters. The first-order chi connectivity index (χ1) is 5.15. The summed E-state index contributed by atoms with van der Waals surface area (Å²) >= 11 is 2.11. The van der Waals surface area contributed by atoms with Crippen LogP contribution < -0.4 is 0 Å². The molecule has 1 rings (SSSR count). The van der Waals surface area contributed by atoms with Crippen LogP contribution in [0.15, 0.2) is 12.1 Å². The molecule has 0 aliphatic rings. The SMILES string of the molecule is Cc1cc(I)cc(C#N)c1O. The van der Waals surface area contributed by atoms with Gasteiger partial charge in [0, 0.05) is 3.57 Å². The summed E-state index contributed by atoms with van der Waals surface area (Å²) in [5.41, 5.74) is 1.09. The first-order valence-corrected chi connectivity index (χ1v) is 4.12. The van der Waals surface area contributed by atoms with Gasteiger partial charge >= 0.3 is 0 Å². The molecule has 0 spiro atoms. The number of rotatable bonds is 0. The van der Waals surface area contributed by atoms with E-state index < -0.39 is 0 Å². The fraction of sp³-hybridized carbons (Fsp3) is 0.125. The Morgan fingerprint density at radius 3 is 2.73 bits per heavy atom. The lowest BCUT2D eigenvalue weighted by Crippen LogP contribution is -1.83. The van der Waals surface area contributed by atoms with Gasteiger partial charge in [-0.2, -0.15) is 5.26 Å². The Morgan fingerprint density at radius 1 is 1.55 bits per heavy atom. The van der Waals surface area contributed by atoms with Crippen molar-refractivity contribution >= 4 is 22.6 Å². The molecule has 0 amide bonds. The molecule has 0 aliphatic heterocycles. The lowest BCUT2D eigenvalue weighted by molar-refractivity contribution is 0.469. The van der Waals surface area contributed by atoms with Gasteiger partial charge in [0.25, 0.3) is 0 Å². The monoisotopic (exact) mass is 259 g/mol. The van der Waals surface area contributed by atoms with Crippen molar-refractivity contribution in [3.63, 3.8) is 0 Å². The summed E-state index contributed by atoms with van der Waals surface area (Å²) in [6, 6.07) is 5.41. The number of hydrogen-bond acceptors (Lipinski definition) is 2. The third-order valence-electron chi connectivity index (χ3n) is 1.39. The van der Waals surface area contributed by atoms with Crippen LogP contribution in [0.25, 0.3) is 0 Å². The van der Waals surface area contributed by atoms with Gasteiger partial charge in [0.1, 0.15) is 11.8 Å². The Morgan fingerprint density at radius 2 is 2.18 bits per heavy atom. The van der Waals surface area contributed by atoms with Gasteiger partial charge in [-0.25, -0.2) is 0 Å². The van der Waals surface area contributed by atoms with Gasteiger partial charge in [-0.1, -0.05) is 0 Å². The van der Waals surface area contributed by atoms with E-state index in [4.69, 9.17) is 5.26 Å². The van der Waals surface area contributed by atoms with Crippen LogP contribution in [0, 0.1) is 21.8 Å². The van der Waals surface area contributed by atoms with Gasteiger partial charge in [-0.15, -0.1) is 0 Å². The van der Waals surface area contributed by atoms with Crippen LogP contribution in [0.3, 0.4) is 0 Å². The van der Waals surface area contributed by atoms with Crippen LogP contribution >= 0.6 is 22.6 Å². The zero-order chi connectivity index (χ0) is 8.43. The van der Waals surface area contributed by atoms with Gasteiger partial charge in [-0.05, 0) is 47.2 Å². The van der Waals surface area contributed by atoms with Crippen molar-refractivity contribution < 1.29 is 5.11 Å². The van der Waals surface area contributed by atoms with Gasteiger partial charge in [-0.3, -0.25) is 0 Å². The third-order valence-corrected chi connectivity index (χ3v) is 2.01. The van der Waals surface area contributed by atoms with E-state index in [2.05, 4.69) is 22.6 Å². The molecule has 11 heavy (non-hydrogen) atoms. The molecule has 0 fully saturated rings. The average Bonchev–Trinajstić information content (AvgIpc) is 1.96. The minimum absolute atomic E-state index is 0.0907. The van der Waals surface area contributed by atoms with E-state index in [1.165, 1.54) is 0 Å². The molecular formula is C8H6INO. The number of benzene rings is 1. The zero-order valence-electron chi connectivity index (χ0n) is 5.93. The number of aryl methyl sites for hydroxylation is 1. The largest absolute Gasteiger partial charge is 0.506 e. The maximum Gasteiger partial charge on any atom is 0.136 e. The molecule has 0 saturated heterocycles. The molecule has 2 nitrogen and oxygen atoms in total. The fourth-order valence-corrected chi connectivity index (χ4v) is 1.60. The van der Waals surface area contributed by atoms with Crippen molar-refractivity contribution in [1.29, 1.82) is 5.26 Å². The second-order valence-corrected chi connectivity index (χ2v) is 3.48. The topological polar surface area (TPSA) is 44.0 Å². The van der Waals surface area contributed by atoms with Gasteiger partial charge in [0.2, 0.25) is 0 Å². The molecule has 0 unspecified atom stereocenters. The average molecular weight is 259 g/mol. The summed E-state index contributed by atoms with van der Waals surface area (Å²) in [5.74, 6) is 0.0907. The molecule has 0 radical (unpaired) electrons. The lowest BCUT2D eigenvalue weighted by atomic mass is 10.1. The van der Waals surface area contributed by atoms with Gasteiger partial charge in [0.05, 0.1) is 5.56 Å². The molecule has 0 heterocycles. The predicted molar refractivity (Wildman–Crippen MR) is 50.3 cm³/mol. The van der Waals surface area contributed by atoms with Crippen molar-refractivity contribution in [2.75, 3.05) is 0 Å². The second kappa shape index (κ2) is 3.09. The Bertz CT molecular complexity index is 328. The molecular weight excluding hydrogens is 253 g/mol. The summed E-state index contributed by atoms with van der Waals surface area (Å²) in [7, 11) is 0. The van der Waals surface area contributed by atoms with Crippen molar-refractivity contribution in [1.82, 2.24) is 0 Å². The number of phenolic OH excluding ortho intramolecular Hbond substituents is 1. The summed E-state index contributed by atoms with van der Waals surface area (Å²) in [4.78, 5) is 0. The van der Waals surface area contributed by atoms with E-state index in [-0.39, 0.29) is 5.75 Å². The maximum atomic E-state index is 9.30. The smallest absolute Gasteiger partial charge is 0.136 e. The second-order valence-electron chi connectivity index (χ2n) is 2.23. The maximum absolute atomic E-state index is 9.30. The molecule has 1 N–H and O–H groups in total. The van der Waals surface area contributed by atoms with Crippen LogP contribution in [0.5, 0.6) is 5.75 Å². The standard InChI is InChI=1S/C8H6INO/c1-5-2-7(9)3-6(4-10)8(5)11/h2-3,11H,1H3.